The highest BCUT2D eigenvalue weighted by molar-refractivity contribution is 7.91. The zero-order chi connectivity index (χ0) is 14.8. The maximum absolute atomic E-state index is 12.3. The molecule has 8 heteroatoms. The van der Waals surface area contributed by atoms with E-state index in [-0.39, 0.29) is 15.1 Å². The average Bonchev–Trinajstić information content (AvgIpc) is 2.84. The van der Waals surface area contributed by atoms with Crippen molar-refractivity contribution in [2.24, 2.45) is 11.7 Å². The second-order valence-corrected chi connectivity index (χ2v) is 8.74. The highest BCUT2D eigenvalue weighted by Gasteiger charge is 2.31. The van der Waals surface area contributed by atoms with Crippen LogP contribution in [0.25, 0.3) is 0 Å². The maximum atomic E-state index is 12.3. The van der Waals surface area contributed by atoms with Crippen molar-refractivity contribution in [2.75, 3.05) is 0 Å². The number of nitrogens with one attached hydrogen (secondary N) is 1. The third kappa shape index (κ3) is 3.75. The Kier molecular flexibility index (Phi) is 5.11. The standard InChI is InChI=1S/C12H19N3O2S3/c1-8-14-7-10(19-8)20(16,17)15-11(12(13)18)9-5-3-2-4-6-9/h7,9,11,15H,2-6H2,1H3,(H2,13,18). The predicted molar refractivity (Wildman–Crippen MR) is 84.3 cm³/mol. The van der Waals surface area contributed by atoms with E-state index < -0.39 is 16.1 Å². The maximum Gasteiger partial charge on any atom is 0.252 e. The molecule has 0 spiro atoms. The van der Waals surface area contributed by atoms with Crippen molar-refractivity contribution in [3.8, 4) is 0 Å². The van der Waals surface area contributed by atoms with Gasteiger partial charge in [-0.05, 0) is 25.7 Å². The van der Waals surface area contributed by atoms with Crippen LogP contribution in [-0.2, 0) is 10.0 Å². The van der Waals surface area contributed by atoms with Gasteiger partial charge in [-0.1, -0.05) is 31.5 Å². The SMILES string of the molecule is Cc1ncc(S(=O)(=O)NC(C(N)=S)C2CCCCC2)s1. The minimum absolute atomic E-state index is 0.199. The lowest BCUT2D eigenvalue weighted by Crippen LogP contribution is -2.48. The molecule has 1 heterocycles. The summed E-state index contributed by atoms with van der Waals surface area (Å²) >= 11 is 6.21. The van der Waals surface area contributed by atoms with Gasteiger partial charge in [0.15, 0.2) is 4.21 Å². The summed E-state index contributed by atoms with van der Waals surface area (Å²) in [7, 11) is -3.59. The molecule has 3 N–H and O–H groups in total. The second-order valence-electron chi connectivity index (χ2n) is 5.10. The summed E-state index contributed by atoms with van der Waals surface area (Å²) in [4.78, 5) is 4.21. The molecule has 1 saturated carbocycles. The molecule has 0 aliphatic heterocycles. The number of thiocarbonyl (C=S) groups is 1. The Morgan fingerprint density at radius 2 is 2.15 bits per heavy atom. The summed E-state index contributed by atoms with van der Waals surface area (Å²) in [6.07, 6.45) is 6.70. The Morgan fingerprint density at radius 3 is 2.65 bits per heavy atom. The summed E-state index contributed by atoms with van der Waals surface area (Å²) in [5.74, 6) is 0.199. The van der Waals surface area contributed by atoms with Crippen molar-refractivity contribution < 1.29 is 8.42 Å². The van der Waals surface area contributed by atoms with E-state index in [1.54, 1.807) is 6.92 Å². The molecule has 0 aromatic carbocycles. The first kappa shape index (κ1) is 15.8. The molecular formula is C12H19N3O2S3. The highest BCUT2D eigenvalue weighted by atomic mass is 32.2. The molecule has 1 aliphatic carbocycles. The normalized spacial score (nSPS) is 18.9. The van der Waals surface area contributed by atoms with Crippen molar-refractivity contribution in [3.63, 3.8) is 0 Å². The van der Waals surface area contributed by atoms with Crippen LogP contribution in [0.1, 0.15) is 37.1 Å². The van der Waals surface area contributed by atoms with Gasteiger partial charge in [0.25, 0.3) is 10.0 Å². The number of hydrogen-bond acceptors (Lipinski definition) is 5. The van der Waals surface area contributed by atoms with Crippen LogP contribution in [0.15, 0.2) is 10.4 Å². The van der Waals surface area contributed by atoms with E-state index in [9.17, 15) is 8.42 Å². The van der Waals surface area contributed by atoms with Crippen LogP contribution in [0.5, 0.6) is 0 Å². The molecule has 2 rings (SSSR count). The third-order valence-electron chi connectivity index (χ3n) is 3.57. The smallest absolute Gasteiger partial charge is 0.252 e. The van der Waals surface area contributed by atoms with Crippen molar-refractivity contribution >= 4 is 38.6 Å². The molecule has 20 heavy (non-hydrogen) atoms. The first-order chi connectivity index (χ1) is 9.40. The number of thiazole rings is 1. The van der Waals surface area contributed by atoms with Crippen molar-refractivity contribution in [1.82, 2.24) is 9.71 Å². The number of nitrogens with zero attached hydrogens (tertiary/aromatic N) is 1. The van der Waals surface area contributed by atoms with Gasteiger partial charge in [0, 0.05) is 0 Å². The van der Waals surface area contributed by atoms with Crippen molar-refractivity contribution in [1.29, 1.82) is 0 Å². The molecular weight excluding hydrogens is 314 g/mol. The molecule has 0 amide bonds. The van der Waals surface area contributed by atoms with Gasteiger partial charge >= 0.3 is 0 Å². The molecule has 0 radical (unpaired) electrons. The van der Waals surface area contributed by atoms with Gasteiger partial charge in [-0.15, -0.1) is 11.3 Å². The summed E-state index contributed by atoms with van der Waals surface area (Å²) in [6.45, 7) is 1.77. The zero-order valence-electron chi connectivity index (χ0n) is 11.3. The van der Waals surface area contributed by atoms with Gasteiger partial charge < -0.3 is 5.73 Å². The van der Waals surface area contributed by atoms with Gasteiger partial charge in [0.2, 0.25) is 0 Å². The molecule has 0 bridgehead atoms. The van der Waals surface area contributed by atoms with Crippen LogP contribution in [0, 0.1) is 12.8 Å². The summed E-state index contributed by atoms with van der Waals surface area (Å²) in [6, 6.07) is -0.460. The first-order valence-corrected chi connectivity index (χ1v) is 9.35. The van der Waals surface area contributed by atoms with Gasteiger partial charge in [0.05, 0.1) is 22.2 Å². The highest BCUT2D eigenvalue weighted by Crippen LogP contribution is 2.28. The fourth-order valence-electron chi connectivity index (χ4n) is 2.55. The third-order valence-corrected chi connectivity index (χ3v) is 6.64. The number of nitrogens with two attached hydrogens (primary N) is 1. The summed E-state index contributed by atoms with van der Waals surface area (Å²) in [5.41, 5.74) is 5.75. The van der Waals surface area contributed by atoms with Crippen LogP contribution in [0.4, 0.5) is 0 Å². The van der Waals surface area contributed by atoms with Crippen molar-refractivity contribution in [3.05, 3.63) is 11.2 Å². The molecule has 1 aliphatic rings. The Labute approximate surface area is 129 Å². The van der Waals surface area contributed by atoms with Crippen LogP contribution >= 0.6 is 23.6 Å². The lowest BCUT2D eigenvalue weighted by molar-refractivity contribution is 0.330. The Hall–Kier alpha value is -0.570. The van der Waals surface area contributed by atoms with E-state index in [4.69, 9.17) is 18.0 Å². The van der Waals surface area contributed by atoms with Gasteiger partial charge in [-0.3, -0.25) is 0 Å². The van der Waals surface area contributed by atoms with E-state index in [0.29, 0.717) is 0 Å². The van der Waals surface area contributed by atoms with E-state index >= 15 is 0 Å². The largest absolute Gasteiger partial charge is 0.392 e. The number of hydrogen-bond donors (Lipinski definition) is 2. The number of aryl methyl sites for hydroxylation is 1. The van der Waals surface area contributed by atoms with Crippen LogP contribution < -0.4 is 10.5 Å². The molecule has 1 fully saturated rings. The molecule has 1 unspecified atom stereocenters. The monoisotopic (exact) mass is 333 g/mol. The minimum atomic E-state index is -3.59. The first-order valence-electron chi connectivity index (χ1n) is 6.64. The van der Waals surface area contributed by atoms with Gasteiger partial charge in [-0.2, -0.15) is 0 Å². The summed E-state index contributed by atoms with van der Waals surface area (Å²) < 4.78 is 27.6. The Morgan fingerprint density at radius 1 is 1.50 bits per heavy atom. The molecule has 112 valence electrons. The minimum Gasteiger partial charge on any atom is -0.392 e. The van der Waals surface area contributed by atoms with Crippen LogP contribution in [0.3, 0.4) is 0 Å². The van der Waals surface area contributed by atoms with Crippen molar-refractivity contribution in [2.45, 2.75) is 49.3 Å². The molecule has 1 aromatic rings. The number of rotatable bonds is 5. The topological polar surface area (TPSA) is 85.1 Å². The number of sulfonamides is 1. The molecule has 1 atom stereocenters. The van der Waals surface area contributed by atoms with E-state index in [2.05, 4.69) is 9.71 Å². The Balaban J connectivity index is 2.17. The van der Waals surface area contributed by atoms with Crippen LogP contribution in [0.2, 0.25) is 0 Å². The van der Waals surface area contributed by atoms with Crippen LogP contribution in [-0.4, -0.2) is 24.4 Å². The van der Waals surface area contributed by atoms with Gasteiger partial charge in [-0.25, -0.2) is 18.1 Å². The van der Waals surface area contributed by atoms with Gasteiger partial charge in [0.1, 0.15) is 0 Å². The lowest BCUT2D eigenvalue weighted by atomic mass is 9.84. The predicted octanol–water partition coefficient (Wildman–Crippen LogP) is 1.96. The lowest BCUT2D eigenvalue weighted by Gasteiger charge is -2.29. The van der Waals surface area contributed by atoms with E-state index in [1.807, 2.05) is 0 Å². The zero-order valence-corrected chi connectivity index (χ0v) is 13.8. The number of aromatic nitrogens is 1. The molecule has 5 nitrogen and oxygen atoms in total. The molecule has 0 saturated heterocycles. The fraction of sp³-hybridized carbons (Fsp3) is 0.667. The quantitative estimate of drug-likeness (QED) is 0.805. The average molecular weight is 334 g/mol. The van der Waals surface area contributed by atoms with E-state index in [0.717, 1.165) is 42.0 Å². The molecule has 1 aromatic heterocycles. The summed E-state index contributed by atoms with van der Waals surface area (Å²) in [5, 5.41) is 0.718. The Bertz CT molecular complexity index is 577. The van der Waals surface area contributed by atoms with E-state index in [1.165, 1.54) is 12.6 Å². The second kappa shape index (κ2) is 6.46. The fourth-order valence-corrected chi connectivity index (χ4v) is 5.28.